The van der Waals surface area contributed by atoms with Gasteiger partial charge in [0.2, 0.25) is 5.91 Å². The van der Waals surface area contributed by atoms with Gasteiger partial charge in [-0.15, -0.1) is 0 Å². The van der Waals surface area contributed by atoms with Crippen molar-refractivity contribution in [1.29, 1.82) is 0 Å². The maximum atomic E-state index is 12.9. The summed E-state index contributed by atoms with van der Waals surface area (Å²) in [7, 11) is 0. The van der Waals surface area contributed by atoms with Gasteiger partial charge in [-0.1, -0.05) is 6.92 Å². The maximum Gasteiger partial charge on any atom is 0.237 e. The predicted molar refractivity (Wildman–Crippen MR) is 101 cm³/mol. The number of hydrogen-bond donors (Lipinski definition) is 0. The third-order valence-electron chi connectivity index (χ3n) is 6.22. The average molecular weight is 352 g/mol. The summed E-state index contributed by atoms with van der Waals surface area (Å²) in [6.45, 7) is 12.3. The van der Waals surface area contributed by atoms with Crippen molar-refractivity contribution in [2.45, 2.75) is 83.6 Å². The van der Waals surface area contributed by atoms with Crippen molar-refractivity contribution >= 4 is 5.91 Å². The first-order chi connectivity index (χ1) is 12.1. The lowest BCUT2D eigenvalue weighted by Gasteiger charge is -2.39. The molecular weight excluding hydrogens is 314 g/mol. The van der Waals surface area contributed by atoms with E-state index in [1.165, 1.54) is 32.1 Å². The standard InChI is InChI=1S/C20H37N3O2/c1-4-18-8-5-6-11-23(18)20(24)15-22-10-7-9-19(22)14-21-12-16(2)25-17(3)13-21/h16-19H,4-15H2,1-3H3. The molecule has 0 aromatic rings. The summed E-state index contributed by atoms with van der Waals surface area (Å²) in [5.74, 6) is 0.363. The number of carbonyl (C=O) groups excluding carboxylic acids is 1. The van der Waals surface area contributed by atoms with E-state index in [9.17, 15) is 4.79 Å². The Morgan fingerprint density at radius 2 is 1.72 bits per heavy atom. The minimum atomic E-state index is 0.318. The third-order valence-corrected chi connectivity index (χ3v) is 6.22. The zero-order valence-corrected chi connectivity index (χ0v) is 16.5. The highest BCUT2D eigenvalue weighted by atomic mass is 16.5. The molecule has 0 bridgehead atoms. The lowest BCUT2D eigenvalue weighted by molar-refractivity contribution is -0.136. The lowest BCUT2D eigenvalue weighted by atomic mass is 10.00. The molecule has 5 heteroatoms. The summed E-state index contributed by atoms with van der Waals surface area (Å²) < 4.78 is 5.86. The molecule has 4 unspecified atom stereocenters. The topological polar surface area (TPSA) is 36.0 Å². The summed E-state index contributed by atoms with van der Waals surface area (Å²) in [5.41, 5.74) is 0. The van der Waals surface area contributed by atoms with E-state index in [4.69, 9.17) is 4.74 Å². The van der Waals surface area contributed by atoms with Crippen molar-refractivity contribution in [3.05, 3.63) is 0 Å². The average Bonchev–Trinajstić information content (AvgIpc) is 3.00. The van der Waals surface area contributed by atoms with E-state index in [2.05, 4.69) is 35.5 Å². The second-order valence-corrected chi connectivity index (χ2v) is 8.39. The van der Waals surface area contributed by atoms with E-state index in [1.807, 2.05) is 0 Å². The molecule has 3 fully saturated rings. The largest absolute Gasteiger partial charge is 0.373 e. The molecule has 0 saturated carbocycles. The first-order valence-electron chi connectivity index (χ1n) is 10.5. The van der Waals surface area contributed by atoms with Gasteiger partial charge in [-0.25, -0.2) is 0 Å². The molecule has 3 rings (SSSR count). The predicted octanol–water partition coefficient (Wildman–Crippen LogP) is 2.35. The number of likely N-dealkylation sites (tertiary alicyclic amines) is 2. The quantitative estimate of drug-likeness (QED) is 0.762. The summed E-state index contributed by atoms with van der Waals surface area (Å²) in [6.07, 6.45) is 7.83. The maximum absolute atomic E-state index is 12.9. The van der Waals surface area contributed by atoms with Crippen molar-refractivity contribution in [2.24, 2.45) is 0 Å². The Balaban J connectivity index is 1.53. The molecule has 4 atom stereocenters. The van der Waals surface area contributed by atoms with Crippen LogP contribution in [0.3, 0.4) is 0 Å². The zero-order valence-electron chi connectivity index (χ0n) is 16.5. The van der Waals surface area contributed by atoms with Crippen LogP contribution in [-0.4, -0.2) is 84.2 Å². The van der Waals surface area contributed by atoms with E-state index >= 15 is 0 Å². The van der Waals surface area contributed by atoms with Gasteiger partial charge in [0.1, 0.15) is 0 Å². The molecule has 3 aliphatic rings. The molecule has 25 heavy (non-hydrogen) atoms. The molecule has 3 heterocycles. The molecule has 3 saturated heterocycles. The van der Waals surface area contributed by atoms with Gasteiger partial charge in [0.25, 0.3) is 0 Å². The fourth-order valence-corrected chi connectivity index (χ4v) is 5.06. The first kappa shape index (κ1) is 19.1. The highest BCUT2D eigenvalue weighted by Gasteiger charge is 2.33. The van der Waals surface area contributed by atoms with Gasteiger partial charge in [-0.2, -0.15) is 0 Å². The van der Waals surface area contributed by atoms with Crippen LogP contribution in [0.2, 0.25) is 0 Å². The van der Waals surface area contributed by atoms with Crippen molar-refractivity contribution in [3.8, 4) is 0 Å². The zero-order chi connectivity index (χ0) is 17.8. The van der Waals surface area contributed by atoms with E-state index in [1.54, 1.807) is 0 Å². The van der Waals surface area contributed by atoms with Crippen molar-refractivity contribution in [3.63, 3.8) is 0 Å². The van der Waals surface area contributed by atoms with Gasteiger partial charge in [-0.05, 0) is 58.9 Å². The van der Waals surface area contributed by atoms with Crippen LogP contribution in [0, 0.1) is 0 Å². The minimum Gasteiger partial charge on any atom is -0.373 e. The smallest absolute Gasteiger partial charge is 0.237 e. The summed E-state index contributed by atoms with van der Waals surface area (Å²) in [4.78, 5) is 20.1. The molecule has 0 aromatic heterocycles. The van der Waals surface area contributed by atoms with Gasteiger partial charge in [-0.3, -0.25) is 14.6 Å². The summed E-state index contributed by atoms with van der Waals surface area (Å²) in [6, 6.07) is 1.01. The molecule has 1 amide bonds. The Kier molecular flexibility index (Phi) is 6.75. The van der Waals surface area contributed by atoms with E-state index < -0.39 is 0 Å². The van der Waals surface area contributed by atoms with Crippen LogP contribution >= 0.6 is 0 Å². The SMILES string of the molecule is CCC1CCCCN1C(=O)CN1CCCC1CN1CC(C)OC(C)C1. The number of piperidine rings is 1. The Morgan fingerprint density at radius 1 is 1.00 bits per heavy atom. The Labute approximate surface area is 153 Å². The van der Waals surface area contributed by atoms with Crippen molar-refractivity contribution in [2.75, 3.05) is 39.3 Å². The molecule has 0 spiro atoms. The lowest BCUT2D eigenvalue weighted by Crippen LogP contribution is -2.52. The number of morpholine rings is 1. The van der Waals surface area contributed by atoms with Gasteiger partial charge in [0, 0.05) is 38.3 Å². The van der Waals surface area contributed by atoms with Crippen molar-refractivity contribution < 1.29 is 9.53 Å². The van der Waals surface area contributed by atoms with Crippen LogP contribution in [0.4, 0.5) is 0 Å². The van der Waals surface area contributed by atoms with Crippen LogP contribution in [-0.2, 0) is 9.53 Å². The number of rotatable bonds is 5. The van der Waals surface area contributed by atoms with Crippen molar-refractivity contribution in [1.82, 2.24) is 14.7 Å². The van der Waals surface area contributed by atoms with Crippen LogP contribution in [0.1, 0.15) is 59.3 Å². The minimum absolute atomic E-state index is 0.318. The van der Waals surface area contributed by atoms with Gasteiger partial charge in [0.05, 0.1) is 18.8 Å². The monoisotopic (exact) mass is 351 g/mol. The summed E-state index contributed by atoms with van der Waals surface area (Å²) in [5, 5.41) is 0. The van der Waals surface area contributed by atoms with Gasteiger partial charge >= 0.3 is 0 Å². The highest BCUT2D eigenvalue weighted by molar-refractivity contribution is 5.78. The van der Waals surface area contributed by atoms with Gasteiger partial charge in [0.15, 0.2) is 0 Å². The normalized spacial score (nSPS) is 35.2. The third kappa shape index (κ3) is 4.95. The first-order valence-corrected chi connectivity index (χ1v) is 10.5. The molecule has 5 nitrogen and oxygen atoms in total. The number of hydrogen-bond acceptors (Lipinski definition) is 4. The number of amides is 1. The molecule has 0 N–H and O–H groups in total. The highest BCUT2D eigenvalue weighted by Crippen LogP contribution is 2.23. The Morgan fingerprint density at radius 3 is 2.44 bits per heavy atom. The number of nitrogens with zero attached hydrogens (tertiary/aromatic N) is 3. The summed E-state index contributed by atoms with van der Waals surface area (Å²) >= 11 is 0. The van der Waals surface area contributed by atoms with Crippen LogP contribution in [0.15, 0.2) is 0 Å². The Bertz CT molecular complexity index is 435. The molecule has 144 valence electrons. The molecule has 0 radical (unpaired) electrons. The second kappa shape index (κ2) is 8.83. The fraction of sp³-hybridized carbons (Fsp3) is 0.950. The molecular formula is C20H37N3O2. The van der Waals surface area contributed by atoms with E-state index in [0.29, 0.717) is 36.7 Å². The van der Waals surface area contributed by atoms with Crippen LogP contribution in [0.25, 0.3) is 0 Å². The van der Waals surface area contributed by atoms with E-state index in [-0.39, 0.29) is 0 Å². The van der Waals surface area contributed by atoms with Gasteiger partial charge < -0.3 is 9.64 Å². The van der Waals surface area contributed by atoms with E-state index in [0.717, 1.165) is 39.1 Å². The number of ether oxygens (including phenoxy) is 1. The van der Waals surface area contributed by atoms with Crippen LogP contribution in [0.5, 0.6) is 0 Å². The second-order valence-electron chi connectivity index (χ2n) is 8.39. The molecule has 3 aliphatic heterocycles. The number of carbonyl (C=O) groups is 1. The van der Waals surface area contributed by atoms with Crippen LogP contribution < -0.4 is 0 Å². The Hall–Kier alpha value is -0.650. The fourth-order valence-electron chi connectivity index (χ4n) is 5.06. The molecule has 0 aliphatic carbocycles. The molecule has 0 aromatic carbocycles.